The SMILES string of the molecule is Nc1cc2c(cc1N1CCC(O)C1)CCC(=O)N2. The number of aryl methyl sites for hydroxylation is 1. The van der Waals surface area contributed by atoms with Gasteiger partial charge in [0.05, 0.1) is 17.5 Å². The molecule has 0 spiro atoms. The Hall–Kier alpha value is -1.75. The van der Waals surface area contributed by atoms with Crippen molar-refractivity contribution < 1.29 is 9.90 Å². The normalized spacial score (nSPS) is 22.8. The van der Waals surface area contributed by atoms with E-state index in [1.165, 1.54) is 0 Å². The lowest BCUT2D eigenvalue weighted by Gasteiger charge is -2.24. The third kappa shape index (κ3) is 1.90. The van der Waals surface area contributed by atoms with Crippen molar-refractivity contribution >= 4 is 23.0 Å². The number of nitrogen functional groups attached to an aromatic ring is 1. The molecule has 2 heterocycles. The van der Waals surface area contributed by atoms with Crippen LogP contribution in [0.1, 0.15) is 18.4 Å². The highest BCUT2D eigenvalue weighted by Crippen LogP contribution is 2.34. The van der Waals surface area contributed by atoms with Gasteiger partial charge in [0.15, 0.2) is 0 Å². The van der Waals surface area contributed by atoms with Crippen LogP contribution in [0.2, 0.25) is 0 Å². The summed E-state index contributed by atoms with van der Waals surface area (Å²) in [5.41, 5.74) is 9.62. The molecule has 1 aromatic rings. The Morgan fingerprint density at radius 3 is 2.94 bits per heavy atom. The monoisotopic (exact) mass is 247 g/mol. The third-order valence-electron chi connectivity index (χ3n) is 3.65. The van der Waals surface area contributed by atoms with E-state index in [2.05, 4.69) is 10.2 Å². The van der Waals surface area contributed by atoms with Crippen molar-refractivity contribution in [3.8, 4) is 0 Å². The predicted molar refractivity (Wildman–Crippen MR) is 70.6 cm³/mol. The number of carbonyl (C=O) groups is 1. The molecule has 0 bridgehead atoms. The minimum absolute atomic E-state index is 0.0474. The summed E-state index contributed by atoms with van der Waals surface area (Å²) >= 11 is 0. The van der Waals surface area contributed by atoms with Gasteiger partial charge in [-0.3, -0.25) is 4.79 Å². The quantitative estimate of drug-likeness (QED) is 0.639. The van der Waals surface area contributed by atoms with Gasteiger partial charge in [-0.15, -0.1) is 0 Å². The zero-order chi connectivity index (χ0) is 12.7. The number of hydrogen-bond donors (Lipinski definition) is 3. The fourth-order valence-corrected chi connectivity index (χ4v) is 2.67. The van der Waals surface area contributed by atoms with Crippen LogP contribution in [0.25, 0.3) is 0 Å². The first-order valence-electron chi connectivity index (χ1n) is 6.29. The number of amides is 1. The maximum Gasteiger partial charge on any atom is 0.224 e. The van der Waals surface area contributed by atoms with Crippen molar-refractivity contribution in [1.82, 2.24) is 0 Å². The van der Waals surface area contributed by atoms with Crippen molar-refractivity contribution in [2.24, 2.45) is 0 Å². The Morgan fingerprint density at radius 2 is 2.22 bits per heavy atom. The molecular weight excluding hydrogens is 230 g/mol. The number of benzene rings is 1. The summed E-state index contributed by atoms with van der Waals surface area (Å²) in [5.74, 6) is 0.0474. The molecule has 5 nitrogen and oxygen atoms in total. The van der Waals surface area contributed by atoms with Crippen molar-refractivity contribution in [2.75, 3.05) is 29.0 Å². The highest BCUT2D eigenvalue weighted by atomic mass is 16.3. The summed E-state index contributed by atoms with van der Waals surface area (Å²) < 4.78 is 0. The largest absolute Gasteiger partial charge is 0.397 e. The molecule has 0 aromatic heterocycles. The van der Waals surface area contributed by atoms with Crippen LogP contribution in [0.3, 0.4) is 0 Å². The van der Waals surface area contributed by atoms with Gasteiger partial charge < -0.3 is 21.1 Å². The smallest absolute Gasteiger partial charge is 0.224 e. The van der Waals surface area contributed by atoms with E-state index in [1.807, 2.05) is 12.1 Å². The number of aliphatic hydroxyl groups excluding tert-OH is 1. The van der Waals surface area contributed by atoms with Crippen LogP contribution >= 0.6 is 0 Å². The van der Waals surface area contributed by atoms with E-state index in [1.54, 1.807) is 0 Å². The van der Waals surface area contributed by atoms with Gasteiger partial charge in [0.25, 0.3) is 0 Å². The van der Waals surface area contributed by atoms with Gasteiger partial charge in [0.2, 0.25) is 5.91 Å². The molecule has 1 fully saturated rings. The summed E-state index contributed by atoms with van der Waals surface area (Å²) in [6.07, 6.45) is 1.80. The standard InChI is InChI=1S/C13H17N3O2/c14-10-6-11-8(1-2-13(18)15-11)5-12(10)16-4-3-9(17)7-16/h5-6,9,17H,1-4,7,14H2,(H,15,18). The predicted octanol–water partition coefficient (Wildman–Crippen LogP) is 0.724. The summed E-state index contributed by atoms with van der Waals surface area (Å²) in [5, 5.41) is 12.4. The van der Waals surface area contributed by atoms with Crippen molar-refractivity contribution in [3.05, 3.63) is 17.7 Å². The Morgan fingerprint density at radius 1 is 1.39 bits per heavy atom. The van der Waals surface area contributed by atoms with Crippen molar-refractivity contribution in [3.63, 3.8) is 0 Å². The minimum atomic E-state index is -0.264. The molecule has 3 rings (SSSR count). The molecule has 0 aliphatic carbocycles. The van der Waals surface area contributed by atoms with Gasteiger partial charge in [0, 0.05) is 25.2 Å². The second-order valence-electron chi connectivity index (χ2n) is 5.00. The molecule has 1 amide bonds. The molecule has 1 unspecified atom stereocenters. The summed E-state index contributed by atoms with van der Waals surface area (Å²) in [6, 6.07) is 3.87. The maximum atomic E-state index is 11.3. The average molecular weight is 247 g/mol. The van der Waals surface area contributed by atoms with Gasteiger partial charge >= 0.3 is 0 Å². The molecule has 0 radical (unpaired) electrons. The average Bonchev–Trinajstić information content (AvgIpc) is 2.74. The maximum absolute atomic E-state index is 11.3. The van der Waals surface area contributed by atoms with Gasteiger partial charge in [-0.05, 0) is 30.5 Å². The molecule has 2 aliphatic rings. The number of aliphatic hydroxyl groups is 1. The topological polar surface area (TPSA) is 78.6 Å². The number of fused-ring (bicyclic) bond motifs is 1. The van der Waals surface area contributed by atoms with Crippen molar-refractivity contribution in [1.29, 1.82) is 0 Å². The highest BCUT2D eigenvalue weighted by molar-refractivity contribution is 5.95. The van der Waals surface area contributed by atoms with Crippen LogP contribution in [-0.4, -0.2) is 30.2 Å². The zero-order valence-corrected chi connectivity index (χ0v) is 10.1. The van der Waals surface area contributed by atoms with Crippen molar-refractivity contribution in [2.45, 2.75) is 25.4 Å². The number of anilines is 3. The van der Waals surface area contributed by atoms with E-state index in [-0.39, 0.29) is 12.0 Å². The Bertz CT molecular complexity index is 501. The first-order chi connectivity index (χ1) is 8.63. The first kappa shape index (κ1) is 11.3. The first-order valence-corrected chi connectivity index (χ1v) is 6.29. The van der Waals surface area contributed by atoms with Crippen LogP contribution in [0.4, 0.5) is 17.1 Å². The van der Waals surface area contributed by atoms with Crippen LogP contribution in [0, 0.1) is 0 Å². The van der Waals surface area contributed by atoms with Crippen LogP contribution in [-0.2, 0) is 11.2 Å². The highest BCUT2D eigenvalue weighted by Gasteiger charge is 2.24. The van der Waals surface area contributed by atoms with Crippen LogP contribution in [0.15, 0.2) is 12.1 Å². The van der Waals surface area contributed by atoms with Gasteiger partial charge in [-0.25, -0.2) is 0 Å². The number of β-amino-alcohol motifs (C(OH)–C–C–N with tert-alkyl or cyclic N) is 1. The van der Waals surface area contributed by atoms with Crippen LogP contribution in [0.5, 0.6) is 0 Å². The number of hydrogen-bond acceptors (Lipinski definition) is 4. The number of rotatable bonds is 1. The molecule has 4 N–H and O–H groups in total. The number of nitrogens with zero attached hydrogens (tertiary/aromatic N) is 1. The molecule has 1 saturated heterocycles. The number of nitrogens with one attached hydrogen (secondary N) is 1. The van der Waals surface area contributed by atoms with E-state index < -0.39 is 0 Å². The Kier molecular flexibility index (Phi) is 2.63. The van der Waals surface area contributed by atoms with Gasteiger partial charge in [-0.1, -0.05) is 0 Å². The second kappa shape index (κ2) is 4.17. The van der Waals surface area contributed by atoms with E-state index in [9.17, 15) is 9.90 Å². The van der Waals surface area contributed by atoms with E-state index in [0.717, 1.165) is 36.3 Å². The van der Waals surface area contributed by atoms with E-state index in [4.69, 9.17) is 5.73 Å². The minimum Gasteiger partial charge on any atom is -0.397 e. The fourth-order valence-electron chi connectivity index (χ4n) is 2.67. The van der Waals surface area contributed by atoms with Gasteiger partial charge in [0.1, 0.15) is 0 Å². The lowest BCUT2D eigenvalue weighted by Crippen LogP contribution is -2.24. The molecule has 5 heteroatoms. The lowest BCUT2D eigenvalue weighted by molar-refractivity contribution is -0.116. The molecule has 0 saturated carbocycles. The van der Waals surface area contributed by atoms with E-state index >= 15 is 0 Å². The molecule has 1 aromatic carbocycles. The fraction of sp³-hybridized carbons (Fsp3) is 0.462. The Labute approximate surface area is 106 Å². The zero-order valence-electron chi connectivity index (χ0n) is 10.1. The lowest BCUT2D eigenvalue weighted by atomic mass is 10.0. The van der Waals surface area contributed by atoms with Gasteiger partial charge in [-0.2, -0.15) is 0 Å². The summed E-state index contributed by atoms with van der Waals surface area (Å²) in [4.78, 5) is 13.4. The summed E-state index contributed by atoms with van der Waals surface area (Å²) in [7, 11) is 0. The summed E-state index contributed by atoms with van der Waals surface area (Å²) in [6.45, 7) is 1.46. The number of carbonyl (C=O) groups excluding carboxylic acids is 1. The van der Waals surface area contributed by atoms with E-state index in [0.29, 0.717) is 18.7 Å². The molecular formula is C13H17N3O2. The second-order valence-corrected chi connectivity index (χ2v) is 5.00. The third-order valence-corrected chi connectivity index (χ3v) is 3.65. The molecule has 1 atom stereocenters. The molecule has 96 valence electrons. The molecule has 2 aliphatic heterocycles. The Balaban J connectivity index is 1.94. The molecule has 18 heavy (non-hydrogen) atoms. The van der Waals surface area contributed by atoms with Crippen LogP contribution < -0.4 is 16.0 Å². The number of nitrogens with two attached hydrogens (primary N) is 1.